The first-order chi connectivity index (χ1) is 9.44. The van der Waals surface area contributed by atoms with E-state index in [0.717, 1.165) is 18.4 Å². The second kappa shape index (κ2) is 5.83. The molecule has 1 fully saturated rings. The quantitative estimate of drug-likeness (QED) is 0.847. The summed E-state index contributed by atoms with van der Waals surface area (Å²) < 4.78 is 0. The Kier molecular flexibility index (Phi) is 4.33. The number of carboxylic acids is 1. The van der Waals surface area contributed by atoms with Gasteiger partial charge in [0.25, 0.3) is 0 Å². The summed E-state index contributed by atoms with van der Waals surface area (Å²) in [5, 5.41) is 12.2. The van der Waals surface area contributed by atoms with E-state index in [4.69, 9.17) is 16.7 Å². The second-order valence-electron chi connectivity index (χ2n) is 5.50. The van der Waals surface area contributed by atoms with E-state index in [1.54, 1.807) is 6.92 Å². The van der Waals surface area contributed by atoms with Crippen LogP contribution in [0.2, 0.25) is 5.02 Å². The van der Waals surface area contributed by atoms with Gasteiger partial charge >= 0.3 is 5.97 Å². The Labute approximate surface area is 123 Å². The third-order valence-electron chi connectivity index (χ3n) is 3.81. The number of aliphatic carboxylic acids is 1. The van der Waals surface area contributed by atoms with Crippen molar-refractivity contribution in [2.45, 2.75) is 26.2 Å². The van der Waals surface area contributed by atoms with E-state index in [-0.39, 0.29) is 12.5 Å². The van der Waals surface area contributed by atoms with Crippen LogP contribution in [-0.2, 0) is 16.0 Å². The molecule has 0 spiro atoms. The standard InChI is InChI=1S/C15H18ClNO3/c1-10(13(18)19)9-17-14(20)15(6-7-15)8-11-4-2-3-5-12(11)16/h2-5,10H,6-9H2,1H3,(H,17,20)(H,18,19). The number of rotatable bonds is 6. The van der Waals surface area contributed by atoms with Crippen molar-refractivity contribution in [1.82, 2.24) is 5.32 Å². The molecule has 2 rings (SSSR count). The molecular weight excluding hydrogens is 278 g/mol. The van der Waals surface area contributed by atoms with Crippen molar-refractivity contribution in [3.8, 4) is 0 Å². The Balaban J connectivity index is 1.96. The predicted molar refractivity (Wildman–Crippen MR) is 76.6 cm³/mol. The zero-order chi connectivity index (χ0) is 14.8. The minimum atomic E-state index is -0.902. The Morgan fingerprint density at radius 1 is 1.40 bits per heavy atom. The van der Waals surface area contributed by atoms with Gasteiger partial charge in [0.2, 0.25) is 5.91 Å². The summed E-state index contributed by atoms with van der Waals surface area (Å²) in [7, 11) is 0. The van der Waals surface area contributed by atoms with Crippen LogP contribution in [0.4, 0.5) is 0 Å². The summed E-state index contributed by atoms with van der Waals surface area (Å²) in [5.74, 6) is -1.54. The van der Waals surface area contributed by atoms with Crippen LogP contribution >= 0.6 is 11.6 Å². The minimum absolute atomic E-state index is 0.0643. The molecule has 1 atom stereocenters. The average molecular weight is 296 g/mol. The Hall–Kier alpha value is -1.55. The summed E-state index contributed by atoms with van der Waals surface area (Å²) in [5.41, 5.74) is 0.566. The molecule has 1 aliphatic rings. The molecule has 1 saturated carbocycles. The topological polar surface area (TPSA) is 66.4 Å². The Morgan fingerprint density at radius 2 is 2.05 bits per heavy atom. The molecule has 0 saturated heterocycles. The highest BCUT2D eigenvalue weighted by Crippen LogP contribution is 2.49. The Morgan fingerprint density at radius 3 is 2.60 bits per heavy atom. The van der Waals surface area contributed by atoms with Crippen LogP contribution in [0.1, 0.15) is 25.3 Å². The molecule has 1 unspecified atom stereocenters. The van der Waals surface area contributed by atoms with E-state index in [9.17, 15) is 9.59 Å². The highest BCUT2D eigenvalue weighted by atomic mass is 35.5. The second-order valence-corrected chi connectivity index (χ2v) is 5.91. The van der Waals surface area contributed by atoms with Crippen LogP contribution < -0.4 is 5.32 Å². The van der Waals surface area contributed by atoms with Gasteiger partial charge in [-0.3, -0.25) is 9.59 Å². The molecule has 0 aliphatic heterocycles. The molecule has 108 valence electrons. The van der Waals surface area contributed by atoms with E-state index < -0.39 is 17.3 Å². The maximum absolute atomic E-state index is 12.2. The van der Waals surface area contributed by atoms with Gasteiger partial charge in [0.1, 0.15) is 0 Å². The first-order valence-electron chi connectivity index (χ1n) is 6.69. The summed E-state index contributed by atoms with van der Waals surface area (Å²) >= 11 is 6.12. The third kappa shape index (κ3) is 3.31. The van der Waals surface area contributed by atoms with Gasteiger partial charge in [-0.05, 0) is 30.9 Å². The summed E-state index contributed by atoms with van der Waals surface area (Å²) in [6, 6.07) is 7.51. The van der Waals surface area contributed by atoms with Gasteiger partial charge in [0.05, 0.1) is 11.3 Å². The van der Waals surface area contributed by atoms with Crippen molar-refractivity contribution >= 4 is 23.5 Å². The van der Waals surface area contributed by atoms with Gasteiger partial charge in [-0.15, -0.1) is 0 Å². The van der Waals surface area contributed by atoms with E-state index >= 15 is 0 Å². The van der Waals surface area contributed by atoms with E-state index in [0.29, 0.717) is 11.4 Å². The monoisotopic (exact) mass is 295 g/mol. The highest BCUT2D eigenvalue weighted by molar-refractivity contribution is 6.31. The molecule has 4 nitrogen and oxygen atoms in total. The van der Waals surface area contributed by atoms with Crippen molar-refractivity contribution in [3.63, 3.8) is 0 Å². The minimum Gasteiger partial charge on any atom is -0.481 e. The van der Waals surface area contributed by atoms with Gasteiger partial charge in [0.15, 0.2) is 0 Å². The zero-order valence-corrected chi connectivity index (χ0v) is 12.1. The van der Waals surface area contributed by atoms with Crippen LogP contribution in [0.25, 0.3) is 0 Å². The highest BCUT2D eigenvalue weighted by Gasteiger charge is 2.49. The van der Waals surface area contributed by atoms with E-state index in [1.165, 1.54) is 0 Å². The molecule has 1 aromatic carbocycles. The lowest BCUT2D eigenvalue weighted by molar-refractivity contribution is -0.141. The zero-order valence-electron chi connectivity index (χ0n) is 11.4. The molecule has 1 amide bonds. The Bertz CT molecular complexity index is 526. The number of carboxylic acid groups (broad SMARTS) is 1. The van der Waals surface area contributed by atoms with Crippen molar-refractivity contribution < 1.29 is 14.7 Å². The first kappa shape index (κ1) is 14.9. The third-order valence-corrected chi connectivity index (χ3v) is 4.18. The van der Waals surface area contributed by atoms with Crippen molar-refractivity contribution in [2.24, 2.45) is 11.3 Å². The van der Waals surface area contributed by atoms with Gasteiger partial charge in [-0.25, -0.2) is 0 Å². The van der Waals surface area contributed by atoms with Gasteiger partial charge in [-0.2, -0.15) is 0 Å². The summed E-state index contributed by atoms with van der Waals surface area (Å²) in [6.07, 6.45) is 2.26. The van der Waals surface area contributed by atoms with Crippen molar-refractivity contribution in [2.75, 3.05) is 6.54 Å². The van der Waals surface area contributed by atoms with Crippen LogP contribution in [0.15, 0.2) is 24.3 Å². The lowest BCUT2D eigenvalue weighted by Crippen LogP contribution is -2.37. The normalized spacial score (nSPS) is 17.3. The molecule has 2 N–H and O–H groups in total. The number of hydrogen-bond acceptors (Lipinski definition) is 2. The molecule has 20 heavy (non-hydrogen) atoms. The van der Waals surface area contributed by atoms with Gasteiger partial charge < -0.3 is 10.4 Å². The molecule has 5 heteroatoms. The first-order valence-corrected chi connectivity index (χ1v) is 7.07. The van der Waals surface area contributed by atoms with Crippen molar-refractivity contribution in [3.05, 3.63) is 34.9 Å². The molecule has 1 aromatic rings. The van der Waals surface area contributed by atoms with Crippen LogP contribution in [0, 0.1) is 11.3 Å². The average Bonchev–Trinajstić information content (AvgIpc) is 3.19. The molecule has 0 radical (unpaired) electrons. The lowest BCUT2D eigenvalue weighted by Gasteiger charge is -2.17. The number of nitrogens with one attached hydrogen (secondary N) is 1. The van der Waals surface area contributed by atoms with Gasteiger partial charge in [0, 0.05) is 11.6 Å². The molecular formula is C15H18ClNO3. The number of halogens is 1. The number of carbonyl (C=O) groups excluding carboxylic acids is 1. The molecule has 0 heterocycles. The number of carbonyl (C=O) groups is 2. The van der Waals surface area contributed by atoms with E-state index in [2.05, 4.69) is 5.32 Å². The fourth-order valence-electron chi connectivity index (χ4n) is 2.16. The SMILES string of the molecule is CC(CNC(=O)C1(Cc2ccccc2Cl)CC1)C(=O)O. The number of benzene rings is 1. The fourth-order valence-corrected chi connectivity index (χ4v) is 2.36. The number of hydrogen-bond donors (Lipinski definition) is 2. The molecule has 1 aliphatic carbocycles. The summed E-state index contributed by atoms with van der Waals surface area (Å²) in [4.78, 5) is 23.0. The maximum Gasteiger partial charge on any atom is 0.308 e. The summed E-state index contributed by atoms with van der Waals surface area (Å²) in [6.45, 7) is 1.74. The van der Waals surface area contributed by atoms with Gasteiger partial charge in [-0.1, -0.05) is 36.7 Å². The van der Waals surface area contributed by atoms with Crippen molar-refractivity contribution in [1.29, 1.82) is 0 Å². The largest absolute Gasteiger partial charge is 0.481 e. The van der Waals surface area contributed by atoms with Crippen LogP contribution in [0.3, 0.4) is 0 Å². The smallest absolute Gasteiger partial charge is 0.308 e. The van der Waals surface area contributed by atoms with E-state index in [1.807, 2.05) is 24.3 Å². The maximum atomic E-state index is 12.2. The lowest BCUT2D eigenvalue weighted by atomic mass is 9.95. The fraction of sp³-hybridized carbons (Fsp3) is 0.467. The molecule has 0 bridgehead atoms. The number of amides is 1. The molecule has 0 aromatic heterocycles. The predicted octanol–water partition coefficient (Wildman–Crippen LogP) is 2.50. The van der Waals surface area contributed by atoms with Crippen LogP contribution in [-0.4, -0.2) is 23.5 Å². The van der Waals surface area contributed by atoms with Crippen LogP contribution in [0.5, 0.6) is 0 Å².